The van der Waals surface area contributed by atoms with Gasteiger partial charge in [0.15, 0.2) is 0 Å². The molecule has 33 heavy (non-hydrogen) atoms. The van der Waals surface area contributed by atoms with Gasteiger partial charge < -0.3 is 20.1 Å². The Morgan fingerprint density at radius 3 is 2.70 bits per heavy atom. The van der Waals surface area contributed by atoms with Crippen LogP contribution in [0.2, 0.25) is 0 Å². The summed E-state index contributed by atoms with van der Waals surface area (Å²) in [7, 11) is 0. The average Bonchev–Trinajstić information content (AvgIpc) is 3.65. The van der Waals surface area contributed by atoms with Crippen LogP contribution in [0.1, 0.15) is 34.8 Å². The number of benzene rings is 2. The Kier molecular flexibility index (Phi) is 6.21. The number of amides is 1. The van der Waals surface area contributed by atoms with E-state index in [9.17, 15) is 9.59 Å². The Hall–Kier alpha value is -2.71. The van der Waals surface area contributed by atoms with E-state index in [0.29, 0.717) is 37.3 Å². The lowest BCUT2D eigenvalue weighted by Gasteiger charge is -2.30. The molecule has 2 aliphatic rings. The van der Waals surface area contributed by atoms with E-state index in [4.69, 9.17) is 0 Å². The molecule has 1 aliphatic heterocycles. The minimum atomic E-state index is -0.424. The van der Waals surface area contributed by atoms with Crippen LogP contribution >= 0.6 is 15.9 Å². The van der Waals surface area contributed by atoms with Crippen LogP contribution in [0.4, 0.5) is 10.1 Å². The van der Waals surface area contributed by atoms with Crippen molar-refractivity contribution < 1.29 is 9.18 Å². The first-order valence-electron chi connectivity index (χ1n) is 11.4. The summed E-state index contributed by atoms with van der Waals surface area (Å²) in [6.07, 6.45) is 4.29. The largest absolute Gasteiger partial charge is 0.367 e. The Labute approximate surface area is 199 Å². The topological polar surface area (TPSA) is 66.4 Å². The first kappa shape index (κ1) is 22.1. The molecule has 2 fully saturated rings. The van der Waals surface area contributed by atoms with Gasteiger partial charge in [0, 0.05) is 54.8 Å². The molecule has 2 aromatic carbocycles. The number of carbonyl (C=O) groups excluding carboxylic acids is 1. The monoisotopic (exact) mass is 512 g/mol. The van der Waals surface area contributed by atoms with Gasteiger partial charge in [0.2, 0.25) is 5.43 Å². The van der Waals surface area contributed by atoms with Gasteiger partial charge in [-0.25, -0.2) is 4.39 Å². The molecule has 6 nitrogen and oxygen atoms in total. The minimum absolute atomic E-state index is 0.0676. The lowest BCUT2D eigenvalue weighted by molar-refractivity contribution is 0.0952. The number of aromatic nitrogens is 1. The molecule has 1 saturated heterocycles. The van der Waals surface area contributed by atoms with E-state index in [0.717, 1.165) is 36.0 Å². The molecule has 0 bridgehead atoms. The number of pyridine rings is 1. The number of hydrogen-bond acceptors (Lipinski definition) is 4. The van der Waals surface area contributed by atoms with Crippen molar-refractivity contribution in [3.8, 4) is 0 Å². The number of fused-ring (bicyclic) bond motifs is 1. The van der Waals surface area contributed by atoms with Crippen LogP contribution < -0.4 is 21.0 Å². The molecule has 172 valence electrons. The number of halogens is 2. The molecule has 0 atom stereocenters. The van der Waals surface area contributed by atoms with E-state index in [1.165, 1.54) is 6.07 Å². The third-order valence-corrected chi connectivity index (χ3v) is 6.82. The predicted molar refractivity (Wildman–Crippen MR) is 132 cm³/mol. The number of nitrogens with zero attached hydrogens (tertiary/aromatic N) is 2. The summed E-state index contributed by atoms with van der Waals surface area (Å²) >= 11 is 3.45. The average molecular weight is 513 g/mol. The van der Waals surface area contributed by atoms with Gasteiger partial charge in [0.1, 0.15) is 11.4 Å². The molecular formula is C25H26BrFN4O2. The lowest BCUT2D eigenvalue weighted by atomic mass is 10.1. The van der Waals surface area contributed by atoms with Crippen molar-refractivity contribution in [3.05, 3.63) is 74.2 Å². The molecule has 1 aliphatic carbocycles. The van der Waals surface area contributed by atoms with Crippen molar-refractivity contribution in [2.24, 2.45) is 0 Å². The molecule has 0 radical (unpaired) electrons. The van der Waals surface area contributed by atoms with Crippen molar-refractivity contribution >= 4 is 38.4 Å². The fourth-order valence-corrected chi connectivity index (χ4v) is 4.88. The summed E-state index contributed by atoms with van der Waals surface area (Å²) in [6.45, 7) is 3.44. The van der Waals surface area contributed by atoms with Gasteiger partial charge in [-0.1, -0.05) is 28.1 Å². The zero-order valence-corrected chi connectivity index (χ0v) is 19.8. The molecule has 0 unspecified atom stereocenters. The minimum Gasteiger partial charge on any atom is -0.367 e. The van der Waals surface area contributed by atoms with E-state index in [1.54, 1.807) is 12.3 Å². The van der Waals surface area contributed by atoms with E-state index in [2.05, 4.69) is 26.6 Å². The quantitative estimate of drug-likeness (QED) is 0.529. The normalized spacial score (nSPS) is 16.2. The first-order valence-corrected chi connectivity index (χ1v) is 12.2. The van der Waals surface area contributed by atoms with E-state index < -0.39 is 17.2 Å². The lowest BCUT2D eigenvalue weighted by Crippen LogP contribution is -2.44. The molecule has 3 aromatic rings. The van der Waals surface area contributed by atoms with Crippen LogP contribution in [0.25, 0.3) is 10.9 Å². The fourth-order valence-electron chi connectivity index (χ4n) is 4.43. The predicted octanol–water partition coefficient (Wildman–Crippen LogP) is 3.62. The number of piperazine rings is 1. The van der Waals surface area contributed by atoms with Crippen LogP contribution in [0.15, 0.2) is 51.9 Å². The zero-order chi connectivity index (χ0) is 22.9. The molecule has 0 spiro atoms. The van der Waals surface area contributed by atoms with Crippen LogP contribution in [-0.2, 0) is 6.42 Å². The summed E-state index contributed by atoms with van der Waals surface area (Å²) in [5.41, 5.74) is 1.94. The molecule has 2 heterocycles. The standard InChI is InChI=1S/C25H26BrFN4O2/c26-17-3-1-2-16(12-17)6-7-29-25(33)20-15-31(18-4-5-18)22-14-23(30-10-8-28-9-11-30)21(27)13-19(22)24(20)32/h1-3,12-15,18,28H,4-11H2,(H,29,33). The number of nitrogens with one attached hydrogen (secondary N) is 2. The molecule has 1 aromatic heterocycles. The van der Waals surface area contributed by atoms with Crippen molar-refractivity contribution in [2.75, 3.05) is 37.6 Å². The summed E-state index contributed by atoms with van der Waals surface area (Å²) in [4.78, 5) is 28.1. The number of hydrogen-bond donors (Lipinski definition) is 2. The SMILES string of the molecule is O=C(NCCc1cccc(Br)c1)c1cn(C2CC2)c2cc(N3CCNCC3)c(F)cc2c1=O. The van der Waals surface area contributed by atoms with Gasteiger partial charge in [-0.05, 0) is 49.1 Å². The van der Waals surface area contributed by atoms with Crippen molar-refractivity contribution in [1.29, 1.82) is 0 Å². The molecule has 1 amide bonds. The zero-order valence-electron chi connectivity index (χ0n) is 18.2. The van der Waals surface area contributed by atoms with Gasteiger partial charge >= 0.3 is 0 Å². The van der Waals surface area contributed by atoms with Crippen LogP contribution in [-0.4, -0.2) is 43.2 Å². The summed E-state index contributed by atoms with van der Waals surface area (Å²) in [5, 5.41) is 6.40. The summed E-state index contributed by atoms with van der Waals surface area (Å²) in [5.74, 6) is -0.839. The Morgan fingerprint density at radius 2 is 1.97 bits per heavy atom. The molecular weight excluding hydrogens is 487 g/mol. The van der Waals surface area contributed by atoms with Gasteiger partial charge in [-0.3, -0.25) is 9.59 Å². The van der Waals surface area contributed by atoms with Crippen molar-refractivity contribution in [2.45, 2.75) is 25.3 Å². The van der Waals surface area contributed by atoms with Gasteiger partial charge in [0.05, 0.1) is 11.2 Å². The summed E-state index contributed by atoms with van der Waals surface area (Å²) < 4.78 is 18.0. The van der Waals surface area contributed by atoms with E-state index in [1.807, 2.05) is 33.7 Å². The highest BCUT2D eigenvalue weighted by molar-refractivity contribution is 9.10. The van der Waals surface area contributed by atoms with Gasteiger partial charge in [0.25, 0.3) is 5.91 Å². The maximum Gasteiger partial charge on any atom is 0.256 e. The van der Waals surface area contributed by atoms with Gasteiger partial charge in [-0.15, -0.1) is 0 Å². The fraction of sp³-hybridized carbons (Fsp3) is 0.360. The molecule has 1 saturated carbocycles. The highest BCUT2D eigenvalue weighted by Gasteiger charge is 2.28. The molecule has 2 N–H and O–H groups in total. The second kappa shape index (κ2) is 9.27. The third kappa shape index (κ3) is 4.68. The van der Waals surface area contributed by atoms with Gasteiger partial charge in [-0.2, -0.15) is 0 Å². The van der Waals surface area contributed by atoms with E-state index >= 15 is 4.39 Å². The Balaban J connectivity index is 1.45. The third-order valence-electron chi connectivity index (χ3n) is 6.33. The second-order valence-corrected chi connectivity index (χ2v) is 9.62. The van der Waals surface area contributed by atoms with Crippen molar-refractivity contribution in [3.63, 3.8) is 0 Å². The van der Waals surface area contributed by atoms with E-state index in [-0.39, 0.29) is 17.0 Å². The van der Waals surface area contributed by atoms with Crippen LogP contribution in [0.5, 0.6) is 0 Å². The maximum absolute atomic E-state index is 15.1. The second-order valence-electron chi connectivity index (χ2n) is 8.70. The Morgan fingerprint density at radius 1 is 1.18 bits per heavy atom. The highest BCUT2D eigenvalue weighted by Crippen LogP contribution is 2.38. The van der Waals surface area contributed by atoms with Crippen LogP contribution in [0.3, 0.4) is 0 Å². The maximum atomic E-state index is 15.1. The molecule has 8 heteroatoms. The highest BCUT2D eigenvalue weighted by atomic mass is 79.9. The van der Waals surface area contributed by atoms with Crippen molar-refractivity contribution in [1.82, 2.24) is 15.2 Å². The number of rotatable bonds is 6. The smallest absolute Gasteiger partial charge is 0.256 e. The number of carbonyl (C=O) groups is 1. The summed E-state index contributed by atoms with van der Waals surface area (Å²) in [6, 6.07) is 11.2. The number of anilines is 1. The molecule has 5 rings (SSSR count). The first-order chi connectivity index (χ1) is 16.0. The van der Waals surface area contributed by atoms with Crippen LogP contribution in [0, 0.1) is 5.82 Å². The Bertz CT molecular complexity index is 1270.